The molecule has 7 nitrogen and oxygen atoms in total. The van der Waals surface area contributed by atoms with Crippen molar-refractivity contribution in [1.29, 1.82) is 0 Å². The SMILES string of the molecule is CC(C)(C)OC(=O)NCCCN=C(N)n1cccn1. The van der Waals surface area contributed by atoms with E-state index in [1.54, 1.807) is 18.5 Å². The monoisotopic (exact) mass is 267 g/mol. The van der Waals surface area contributed by atoms with Crippen LogP contribution in [0.15, 0.2) is 23.5 Å². The zero-order valence-corrected chi connectivity index (χ0v) is 11.6. The fraction of sp³-hybridized carbons (Fsp3) is 0.583. The van der Waals surface area contributed by atoms with Crippen LogP contribution in [0.1, 0.15) is 27.2 Å². The predicted molar refractivity (Wildman–Crippen MR) is 73.0 cm³/mol. The van der Waals surface area contributed by atoms with Crippen LogP contribution in [-0.2, 0) is 4.74 Å². The highest BCUT2D eigenvalue weighted by Gasteiger charge is 2.15. The lowest BCUT2D eigenvalue weighted by Crippen LogP contribution is -2.33. The van der Waals surface area contributed by atoms with Crippen LogP contribution in [-0.4, -0.2) is 40.5 Å². The highest BCUT2D eigenvalue weighted by molar-refractivity contribution is 5.79. The first-order chi connectivity index (χ1) is 8.88. The summed E-state index contributed by atoms with van der Waals surface area (Å²) in [5, 5.41) is 6.61. The number of carbonyl (C=O) groups is 1. The molecule has 0 aliphatic rings. The third kappa shape index (κ3) is 6.44. The first-order valence-electron chi connectivity index (χ1n) is 6.15. The molecule has 0 saturated carbocycles. The molecule has 0 aromatic carbocycles. The first-order valence-corrected chi connectivity index (χ1v) is 6.15. The summed E-state index contributed by atoms with van der Waals surface area (Å²) in [4.78, 5) is 15.5. The molecule has 0 spiro atoms. The fourth-order valence-corrected chi connectivity index (χ4v) is 1.25. The molecule has 106 valence electrons. The second kappa shape index (κ2) is 6.77. The highest BCUT2D eigenvalue weighted by Crippen LogP contribution is 2.06. The molecule has 0 aliphatic heterocycles. The highest BCUT2D eigenvalue weighted by atomic mass is 16.6. The lowest BCUT2D eigenvalue weighted by atomic mass is 10.2. The van der Waals surface area contributed by atoms with Crippen molar-refractivity contribution in [2.45, 2.75) is 32.8 Å². The van der Waals surface area contributed by atoms with Gasteiger partial charge in [0, 0.05) is 25.5 Å². The number of ether oxygens (including phenoxy) is 1. The Morgan fingerprint density at radius 1 is 1.53 bits per heavy atom. The van der Waals surface area contributed by atoms with Crippen molar-refractivity contribution in [2.24, 2.45) is 10.7 Å². The molecule has 7 heteroatoms. The summed E-state index contributed by atoms with van der Waals surface area (Å²) in [5.74, 6) is 0.335. The molecule has 1 rings (SSSR count). The van der Waals surface area contributed by atoms with Crippen LogP contribution in [0.25, 0.3) is 0 Å². The number of rotatable bonds is 4. The minimum Gasteiger partial charge on any atom is -0.444 e. The molecule has 0 saturated heterocycles. The van der Waals surface area contributed by atoms with E-state index in [9.17, 15) is 4.79 Å². The van der Waals surface area contributed by atoms with E-state index in [1.807, 2.05) is 20.8 Å². The second-order valence-corrected chi connectivity index (χ2v) is 4.97. The molecule has 0 atom stereocenters. The molecule has 1 amide bonds. The van der Waals surface area contributed by atoms with E-state index in [0.717, 1.165) is 0 Å². The topological polar surface area (TPSA) is 94.5 Å². The number of alkyl carbamates (subject to hydrolysis) is 1. The lowest BCUT2D eigenvalue weighted by molar-refractivity contribution is 0.0527. The molecule has 1 aromatic heterocycles. The van der Waals surface area contributed by atoms with E-state index in [-0.39, 0.29) is 0 Å². The molecule has 0 bridgehead atoms. The van der Waals surface area contributed by atoms with Crippen molar-refractivity contribution < 1.29 is 9.53 Å². The number of hydrogen-bond donors (Lipinski definition) is 2. The van der Waals surface area contributed by atoms with Crippen molar-refractivity contribution in [3.05, 3.63) is 18.5 Å². The normalized spacial score (nSPS) is 12.3. The van der Waals surface area contributed by atoms with Crippen molar-refractivity contribution >= 4 is 12.1 Å². The predicted octanol–water partition coefficient (Wildman–Crippen LogP) is 0.961. The molecule has 3 N–H and O–H groups in total. The maximum absolute atomic E-state index is 11.3. The van der Waals surface area contributed by atoms with Crippen LogP contribution in [0.2, 0.25) is 0 Å². The molecule has 0 unspecified atom stereocenters. The Morgan fingerprint density at radius 3 is 2.84 bits per heavy atom. The molecule has 0 fully saturated rings. The summed E-state index contributed by atoms with van der Waals surface area (Å²) >= 11 is 0. The van der Waals surface area contributed by atoms with Crippen LogP contribution in [0.3, 0.4) is 0 Å². The summed E-state index contributed by atoms with van der Waals surface area (Å²) in [6, 6.07) is 1.77. The zero-order chi connectivity index (χ0) is 14.3. The fourth-order valence-electron chi connectivity index (χ4n) is 1.25. The van der Waals surface area contributed by atoms with Gasteiger partial charge in [-0.2, -0.15) is 5.10 Å². The Labute approximate surface area is 112 Å². The van der Waals surface area contributed by atoms with Gasteiger partial charge in [-0.05, 0) is 33.3 Å². The Balaban J connectivity index is 2.18. The van der Waals surface area contributed by atoms with E-state index < -0.39 is 11.7 Å². The number of nitrogens with one attached hydrogen (secondary N) is 1. The van der Waals surface area contributed by atoms with Crippen molar-refractivity contribution in [3.63, 3.8) is 0 Å². The Hall–Kier alpha value is -2.05. The van der Waals surface area contributed by atoms with Gasteiger partial charge in [-0.15, -0.1) is 0 Å². The van der Waals surface area contributed by atoms with Gasteiger partial charge in [0.2, 0.25) is 5.96 Å². The Bertz CT molecular complexity index is 420. The third-order valence-corrected chi connectivity index (χ3v) is 2.02. The van der Waals surface area contributed by atoms with Gasteiger partial charge in [-0.25, -0.2) is 9.48 Å². The van der Waals surface area contributed by atoms with Crippen LogP contribution in [0, 0.1) is 0 Å². The van der Waals surface area contributed by atoms with Crippen molar-refractivity contribution in [1.82, 2.24) is 15.1 Å². The first kappa shape index (κ1) is 15.0. The summed E-state index contributed by atoms with van der Waals surface area (Å²) in [6.45, 7) is 6.47. The average Bonchev–Trinajstić information content (AvgIpc) is 2.79. The van der Waals surface area contributed by atoms with Crippen LogP contribution < -0.4 is 11.1 Å². The molecule has 1 heterocycles. The number of carbonyl (C=O) groups excluding carboxylic acids is 1. The lowest BCUT2D eigenvalue weighted by Gasteiger charge is -2.19. The zero-order valence-electron chi connectivity index (χ0n) is 11.6. The van der Waals surface area contributed by atoms with E-state index >= 15 is 0 Å². The van der Waals surface area contributed by atoms with Crippen molar-refractivity contribution in [2.75, 3.05) is 13.1 Å². The number of nitrogens with two attached hydrogens (primary N) is 1. The molecule has 1 aromatic rings. The summed E-state index contributed by atoms with van der Waals surface area (Å²) in [5.41, 5.74) is 5.22. The molecular weight excluding hydrogens is 246 g/mol. The van der Waals surface area contributed by atoms with E-state index in [0.29, 0.717) is 25.5 Å². The molecule has 19 heavy (non-hydrogen) atoms. The van der Waals surface area contributed by atoms with Crippen molar-refractivity contribution in [3.8, 4) is 0 Å². The maximum atomic E-state index is 11.3. The van der Waals surface area contributed by atoms with E-state index in [2.05, 4.69) is 15.4 Å². The van der Waals surface area contributed by atoms with Gasteiger partial charge in [0.15, 0.2) is 0 Å². The third-order valence-electron chi connectivity index (χ3n) is 2.02. The number of aromatic nitrogens is 2. The Kier molecular flexibility index (Phi) is 5.35. The maximum Gasteiger partial charge on any atom is 0.407 e. The minimum atomic E-state index is -0.479. The van der Waals surface area contributed by atoms with Gasteiger partial charge < -0.3 is 15.8 Å². The van der Waals surface area contributed by atoms with E-state index in [4.69, 9.17) is 10.5 Å². The number of aliphatic imine (C=N–C) groups is 1. The number of nitrogens with zero attached hydrogens (tertiary/aromatic N) is 3. The second-order valence-electron chi connectivity index (χ2n) is 4.97. The van der Waals surface area contributed by atoms with Crippen LogP contribution in [0.4, 0.5) is 4.79 Å². The standard InChI is InChI=1S/C12H21N5O2/c1-12(2,3)19-11(18)15-7-4-6-14-10(13)17-9-5-8-16-17/h5,8-9H,4,6-7H2,1-3H3,(H2,13,14)(H,15,18). The molecule has 0 radical (unpaired) electrons. The van der Waals surface area contributed by atoms with Gasteiger partial charge in [-0.3, -0.25) is 4.99 Å². The van der Waals surface area contributed by atoms with Crippen LogP contribution >= 0.6 is 0 Å². The molecular formula is C12H21N5O2. The quantitative estimate of drug-likeness (QED) is 0.482. The minimum absolute atomic E-state index is 0.335. The number of hydrogen-bond acceptors (Lipinski definition) is 4. The van der Waals surface area contributed by atoms with Gasteiger partial charge in [0.1, 0.15) is 5.60 Å². The smallest absolute Gasteiger partial charge is 0.407 e. The molecule has 0 aliphatic carbocycles. The Morgan fingerprint density at radius 2 is 2.26 bits per heavy atom. The largest absolute Gasteiger partial charge is 0.444 e. The summed E-state index contributed by atoms with van der Waals surface area (Å²) in [6.07, 6.45) is 3.61. The van der Waals surface area contributed by atoms with Gasteiger partial charge in [-0.1, -0.05) is 0 Å². The number of amides is 1. The van der Waals surface area contributed by atoms with Gasteiger partial charge in [0.25, 0.3) is 0 Å². The summed E-state index contributed by atoms with van der Waals surface area (Å²) in [7, 11) is 0. The van der Waals surface area contributed by atoms with Gasteiger partial charge in [0.05, 0.1) is 0 Å². The van der Waals surface area contributed by atoms with Crippen LogP contribution in [0.5, 0.6) is 0 Å². The average molecular weight is 267 g/mol. The van der Waals surface area contributed by atoms with E-state index in [1.165, 1.54) is 4.68 Å². The van der Waals surface area contributed by atoms with Gasteiger partial charge >= 0.3 is 6.09 Å². The summed E-state index contributed by atoms with van der Waals surface area (Å²) < 4.78 is 6.59.